The number of halogens is 3. The molecule has 186 valence electrons. The predicted molar refractivity (Wildman–Crippen MR) is 122 cm³/mol. The molecule has 3 rings (SSSR count). The monoisotopic (exact) mass is 470 g/mol. The van der Waals surface area contributed by atoms with Gasteiger partial charge in [0.05, 0.1) is 0 Å². The minimum atomic E-state index is -5.08. The molecule has 2 aliphatic rings. The summed E-state index contributed by atoms with van der Waals surface area (Å²) in [7, 11) is 0. The molecule has 2 aliphatic heterocycles. The van der Waals surface area contributed by atoms with Gasteiger partial charge in [-0.3, -0.25) is 9.69 Å². The molecule has 33 heavy (non-hydrogen) atoms. The van der Waals surface area contributed by atoms with Crippen LogP contribution in [0.2, 0.25) is 0 Å². The molecule has 0 radical (unpaired) electrons. The molecule has 0 spiro atoms. The van der Waals surface area contributed by atoms with Crippen LogP contribution in [0.4, 0.5) is 13.2 Å². The zero-order valence-corrected chi connectivity index (χ0v) is 20.3. The number of carboxylic acids is 1. The van der Waals surface area contributed by atoms with Crippen LogP contribution < -0.4 is 0 Å². The lowest BCUT2D eigenvalue weighted by molar-refractivity contribution is -0.192. The molecule has 1 aromatic rings. The third kappa shape index (κ3) is 7.73. The highest BCUT2D eigenvalue weighted by molar-refractivity contribution is 5.94. The Hall–Kier alpha value is -2.09. The second kappa shape index (κ2) is 10.9. The highest BCUT2D eigenvalue weighted by Gasteiger charge is 2.38. The molecule has 5 nitrogen and oxygen atoms in total. The number of rotatable bonds is 2. The van der Waals surface area contributed by atoms with Crippen molar-refractivity contribution in [3.05, 3.63) is 35.4 Å². The summed E-state index contributed by atoms with van der Waals surface area (Å²) >= 11 is 0. The van der Waals surface area contributed by atoms with Gasteiger partial charge in [-0.15, -0.1) is 0 Å². The summed E-state index contributed by atoms with van der Waals surface area (Å²) in [6, 6.07) is 8.88. The largest absolute Gasteiger partial charge is 0.490 e. The van der Waals surface area contributed by atoms with Crippen LogP contribution in [-0.2, 0) is 10.2 Å². The molecule has 2 saturated heterocycles. The van der Waals surface area contributed by atoms with Gasteiger partial charge in [0.2, 0.25) is 0 Å². The molecule has 2 fully saturated rings. The first-order valence-corrected chi connectivity index (χ1v) is 11.6. The van der Waals surface area contributed by atoms with E-state index in [0.29, 0.717) is 6.04 Å². The third-order valence-electron chi connectivity index (χ3n) is 6.87. The second-order valence-corrected chi connectivity index (χ2v) is 10.4. The van der Waals surface area contributed by atoms with Crippen molar-refractivity contribution in [2.24, 2.45) is 11.8 Å². The minimum absolute atomic E-state index is 0.128. The maximum absolute atomic E-state index is 12.9. The number of carbonyl (C=O) groups is 2. The fraction of sp³-hybridized carbons (Fsp3) is 0.680. The first kappa shape index (κ1) is 27.2. The lowest BCUT2D eigenvalue weighted by atomic mass is 9.86. The summed E-state index contributed by atoms with van der Waals surface area (Å²) in [6.07, 6.45) is -1.53. The quantitative estimate of drug-likeness (QED) is 0.646. The Morgan fingerprint density at radius 2 is 1.42 bits per heavy atom. The van der Waals surface area contributed by atoms with E-state index in [1.807, 2.05) is 12.1 Å². The van der Waals surface area contributed by atoms with Crippen LogP contribution in [0.25, 0.3) is 0 Å². The normalized spacial score (nSPS) is 23.0. The van der Waals surface area contributed by atoms with Gasteiger partial charge in [-0.1, -0.05) is 46.8 Å². The minimum Gasteiger partial charge on any atom is -0.475 e. The Morgan fingerprint density at radius 3 is 1.85 bits per heavy atom. The van der Waals surface area contributed by atoms with E-state index in [2.05, 4.69) is 56.6 Å². The van der Waals surface area contributed by atoms with E-state index in [1.54, 1.807) is 0 Å². The van der Waals surface area contributed by atoms with Gasteiger partial charge in [-0.25, -0.2) is 4.79 Å². The molecule has 1 aromatic carbocycles. The molecule has 0 bridgehead atoms. The second-order valence-electron chi connectivity index (χ2n) is 10.4. The Morgan fingerprint density at radius 1 is 0.909 bits per heavy atom. The summed E-state index contributed by atoms with van der Waals surface area (Å²) in [5.74, 6) is -0.911. The third-order valence-corrected chi connectivity index (χ3v) is 6.87. The average molecular weight is 471 g/mol. The molecule has 1 amide bonds. The average Bonchev–Trinajstić information content (AvgIpc) is 2.74. The first-order valence-electron chi connectivity index (χ1n) is 11.6. The predicted octanol–water partition coefficient (Wildman–Crippen LogP) is 5.20. The number of carbonyl (C=O) groups excluding carboxylic acids is 1. The smallest absolute Gasteiger partial charge is 0.475 e. The van der Waals surface area contributed by atoms with Crippen LogP contribution in [0.1, 0.15) is 69.8 Å². The highest BCUT2D eigenvalue weighted by atomic mass is 19.4. The lowest BCUT2D eigenvalue weighted by Crippen LogP contribution is -2.50. The standard InChI is InChI=1S/C23H36N2O.C2HF3O2/c1-17-10-13-25(16-18(17)2)21-11-14-24(15-12-21)22(26)19-6-8-20(9-7-19)23(3,4)5;3-2(4,5)1(6)7/h6-9,17-18,21H,10-16H2,1-5H3;(H,6,7)/t17-,18+;/m1./s1. The van der Waals surface area contributed by atoms with Crippen molar-refractivity contribution in [1.29, 1.82) is 0 Å². The molecular formula is C25H37F3N2O3. The van der Waals surface area contributed by atoms with Gasteiger partial charge in [0.25, 0.3) is 5.91 Å². The maximum atomic E-state index is 12.9. The molecule has 1 N–H and O–H groups in total. The van der Waals surface area contributed by atoms with Crippen molar-refractivity contribution >= 4 is 11.9 Å². The number of piperidine rings is 2. The van der Waals surface area contributed by atoms with Crippen LogP contribution in [0.15, 0.2) is 24.3 Å². The molecule has 8 heteroatoms. The van der Waals surface area contributed by atoms with Gasteiger partial charge < -0.3 is 10.0 Å². The van der Waals surface area contributed by atoms with Crippen molar-refractivity contribution in [2.75, 3.05) is 26.2 Å². The van der Waals surface area contributed by atoms with E-state index in [9.17, 15) is 18.0 Å². The molecule has 2 atom stereocenters. The number of nitrogens with zero attached hydrogens (tertiary/aromatic N) is 2. The molecule has 0 aromatic heterocycles. The number of aliphatic carboxylic acids is 1. The fourth-order valence-electron chi connectivity index (χ4n) is 4.36. The Labute approximate surface area is 194 Å². The summed E-state index contributed by atoms with van der Waals surface area (Å²) in [5, 5.41) is 7.12. The van der Waals surface area contributed by atoms with Crippen molar-refractivity contribution < 1.29 is 27.9 Å². The Kier molecular flexibility index (Phi) is 8.96. The van der Waals surface area contributed by atoms with Gasteiger partial charge in [-0.05, 0) is 60.8 Å². The first-order chi connectivity index (χ1) is 15.2. The number of hydrogen-bond donors (Lipinski definition) is 1. The Balaban J connectivity index is 0.000000479. The van der Waals surface area contributed by atoms with Crippen molar-refractivity contribution in [3.8, 4) is 0 Å². The fourth-order valence-corrected chi connectivity index (χ4v) is 4.36. The summed E-state index contributed by atoms with van der Waals surface area (Å²) in [5.41, 5.74) is 2.24. The summed E-state index contributed by atoms with van der Waals surface area (Å²) in [4.78, 5) is 26.5. The molecular weight excluding hydrogens is 433 g/mol. The molecule has 0 aliphatic carbocycles. The lowest BCUT2D eigenvalue weighted by Gasteiger charge is -2.43. The Bertz CT molecular complexity index is 795. The van der Waals surface area contributed by atoms with Gasteiger partial charge >= 0.3 is 12.1 Å². The number of amides is 1. The van der Waals surface area contributed by atoms with Crippen molar-refractivity contribution in [1.82, 2.24) is 9.80 Å². The molecule has 0 unspecified atom stereocenters. The van der Waals surface area contributed by atoms with Crippen LogP contribution in [0.5, 0.6) is 0 Å². The van der Waals surface area contributed by atoms with Crippen LogP contribution in [0, 0.1) is 11.8 Å². The number of carboxylic acid groups (broad SMARTS) is 1. The molecule has 2 heterocycles. The van der Waals surface area contributed by atoms with E-state index in [1.165, 1.54) is 25.1 Å². The van der Waals surface area contributed by atoms with Crippen molar-refractivity contribution in [2.45, 2.75) is 71.5 Å². The number of likely N-dealkylation sites (tertiary alicyclic amines) is 2. The van der Waals surface area contributed by atoms with E-state index >= 15 is 0 Å². The van der Waals surface area contributed by atoms with E-state index in [4.69, 9.17) is 9.90 Å². The zero-order chi connectivity index (χ0) is 25.0. The van der Waals surface area contributed by atoms with Gasteiger partial charge in [0, 0.05) is 31.2 Å². The maximum Gasteiger partial charge on any atom is 0.490 e. The van der Waals surface area contributed by atoms with Crippen LogP contribution >= 0.6 is 0 Å². The van der Waals surface area contributed by atoms with E-state index in [-0.39, 0.29) is 11.3 Å². The van der Waals surface area contributed by atoms with Gasteiger partial charge in [0.1, 0.15) is 0 Å². The summed E-state index contributed by atoms with van der Waals surface area (Å²) < 4.78 is 31.7. The summed E-state index contributed by atoms with van der Waals surface area (Å²) in [6.45, 7) is 15.6. The van der Waals surface area contributed by atoms with E-state index < -0.39 is 12.1 Å². The number of hydrogen-bond acceptors (Lipinski definition) is 3. The van der Waals surface area contributed by atoms with Gasteiger partial charge in [0.15, 0.2) is 0 Å². The number of alkyl halides is 3. The van der Waals surface area contributed by atoms with Crippen molar-refractivity contribution in [3.63, 3.8) is 0 Å². The van der Waals surface area contributed by atoms with Crippen LogP contribution in [0.3, 0.4) is 0 Å². The van der Waals surface area contributed by atoms with Gasteiger partial charge in [-0.2, -0.15) is 13.2 Å². The SMILES string of the molecule is C[C@@H]1CCN(C2CCN(C(=O)c3ccc(C(C)(C)C)cc3)CC2)C[C@@H]1C.O=C(O)C(F)(F)F. The number of benzene rings is 1. The highest BCUT2D eigenvalue weighted by Crippen LogP contribution is 2.28. The van der Waals surface area contributed by atoms with E-state index in [0.717, 1.165) is 43.3 Å². The topological polar surface area (TPSA) is 60.9 Å². The van der Waals surface area contributed by atoms with Crippen LogP contribution in [-0.4, -0.2) is 65.2 Å². The molecule has 0 saturated carbocycles. The zero-order valence-electron chi connectivity index (χ0n) is 20.3.